The van der Waals surface area contributed by atoms with E-state index < -0.39 is 22.0 Å². The van der Waals surface area contributed by atoms with Gasteiger partial charge in [-0.3, -0.25) is 14.6 Å². The average Bonchev–Trinajstić information content (AvgIpc) is 2.76. The van der Waals surface area contributed by atoms with E-state index in [-0.39, 0.29) is 45.2 Å². The monoisotopic (exact) mass is 542 g/mol. The van der Waals surface area contributed by atoms with Crippen LogP contribution >= 0.6 is 0 Å². The third-order valence-electron chi connectivity index (χ3n) is 3.05. The lowest BCUT2D eigenvalue weighted by Crippen LogP contribution is -2.26. The van der Waals surface area contributed by atoms with E-state index in [2.05, 4.69) is 4.74 Å². The molecule has 0 aliphatic carbocycles. The SMILES string of the molecule is CC(=O)N(C)O.CCC(C)O.CCCN(O)CCS(=O)(=O)O.CCO.CCOCC(O)COCO. The molecule has 0 heterocycles. The summed E-state index contributed by atoms with van der Waals surface area (Å²) in [7, 11) is -2.66. The number of rotatable bonds is 12. The Morgan fingerprint density at radius 1 is 0.971 bits per heavy atom. The molecule has 0 saturated carbocycles. The second-order valence-electron chi connectivity index (χ2n) is 6.67. The van der Waals surface area contributed by atoms with Gasteiger partial charge in [-0.25, -0.2) is 5.06 Å². The third kappa shape index (κ3) is 65.5. The number of ether oxygens (including phenoxy) is 2. The number of hydroxylamine groups is 4. The molecule has 15 heteroatoms. The highest BCUT2D eigenvalue weighted by Gasteiger charge is 2.07. The molecule has 0 spiro atoms. The van der Waals surface area contributed by atoms with E-state index in [1.54, 1.807) is 13.8 Å². The Bertz CT molecular complexity index is 500. The van der Waals surface area contributed by atoms with Gasteiger partial charge in [0, 0.05) is 40.3 Å². The van der Waals surface area contributed by atoms with E-state index in [1.807, 2.05) is 20.8 Å². The zero-order valence-corrected chi connectivity index (χ0v) is 23.0. The van der Waals surface area contributed by atoms with Crippen molar-refractivity contribution < 1.29 is 58.1 Å². The molecule has 2 unspecified atom stereocenters. The first-order chi connectivity index (χ1) is 16.1. The molecule has 218 valence electrons. The smallest absolute Gasteiger partial charge is 0.266 e. The van der Waals surface area contributed by atoms with Crippen LogP contribution in [0.25, 0.3) is 0 Å². The van der Waals surface area contributed by atoms with E-state index in [1.165, 1.54) is 14.0 Å². The van der Waals surface area contributed by atoms with Gasteiger partial charge < -0.3 is 35.1 Å². The molecule has 0 aromatic rings. The van der Waals surface area contributed by atoms with E-state index in [9.17, 15) is 13.2 Å². The Kier molecular flexibility index (Phi) is 41.6. The van der Waals surface area contributed by atoms with Crippen molar-refractivity contribution in [3.8, 4) is 0 Å². The lowest BCUT2D eigenvalue weighted by Gasteiger charge is -2.11. The first-order valence-electron chi connectivity index (χ1n) is 11.1. The summed E-state index contributed by atoms with van der Waals surface area (Å²) in [6.45, 7) is 11.6. The van der Waals surface area contributed by atoms with E-state index >= 15 is 0 Å². The molecule has 0 aliphatic rings. The van der Waals surface area contributed by atoms with Crippen molar-refractivity contribution in [3.63, 3.8) is 0 Å². The predicted molar refractivity (Wildman–Crippen MR) is 131 cm³/mol. The molecular formula is C20H50N2O12S. The van der Waals surface area contributed by atoms with Crippen LogP contribution in [0.4, 0.5) is 0 Å². The van der Waals surface area contributed by atoms with Crippen LogP contribution in [0, 0.1) is 0 Å². The molecule has 0 bridgehead atoms. The maximum atomic E-state index is 10.2. The van der Waals surface area contributed by atoms with Crippen molar-refractivity contribution in [2.45, 2.75) is 66.6 Å². The van der Waals surface area contributed by atoms with Crippen molar-refractivity contribution in [1.82, 2.24) is 10.1 Å². The maximum Gasteiger partial charge on any atom is 0.266 e. The minimum atomic E-state index is -3.94. The van der Waals surface area contributed by atoms with Gasteiger partial charge in [0.05, 0.1) is 25.1 Å². The van der Waals surface area contributed by atoms with Gasteiger partial charge in [-0.05, 0) is 33.6 Å². The molecule has 0 fully saturated rings. The molecule has 0 aliphatic heterocycles. The fraction of sp³-hybridized carbons (Fsp3) is 0.950. The maximum absolute atomic E-state index is 10.2. The summed E-state index contributed by atoms with van der Waals surface area (Å²) in [5.74, 6) is -0.779. The average molecular weight is 543 g/mol. The van der Waals surface area contributed by atoms with E-state index in [0.717, 1.165) is 17.9 Å². The number of carbonyl (C=O) groups excluding carboxylic acids is 1. The summed E-state index contributed by atoms with van der Waals surface area (Å²) >= 11 is 0. The minimum Gasteiger partial charge on any atom is -0.397 e. The largest absolute Gasteiger partial charge is 0.397 e. The highest BCUT2D eigenvalue weighted by atomic mass is 32.2. The van der Waals surface area contributed by atoms with Crippen LogP contribution in [-0.4, -0.2) is 131 Å². The van der Waals surface area contributed by atoms with Crippen LogP contribution in [0.3, 0.4) is 0 Å². The Morgan fingerprint density at radius 3 is 1.63 bits per heavy atom. The number of carbonyl (C=O) groups is 1. The zero-order valence-electron chi connectivity index (χ0n) is 22.2. The normalized spacial score (nSPS) is 11.7. The van der Waals surface area contributed by atoms with Crippen LogP contribution in [0.2, 0.25) is 0 Å². The van der Waals surface area contributed by atoms with Gasteiger partial charge in [-0.15, -0.1) is 0 Å². The number of amides is 1. The van der Waals surface area contributed by atoms with Gasteiger partial charge in [-0.1, -0.05) is 13.8 Å². The molecule has 14 nitrogen and oxygen atoms in total. The number of aliphatic hydroxyl groups excluding tert-OH is 4. The quantitative estimate of drug-likeness (QED) is 0.0746. The minimum absolute atomic E-state index is 0.0489. The Balaban J connectivity index is -0.000000114. The molecule has 0 radical (unpaired) electrons. The Labute approximate surface area is 210 Å². The lowest BCUT2D eigenvalue weighted by molar-refractivity contribution is -0.156. The first kappa shape index (κ1) is 44.0. The molecule has 0 aromatic heterocycles. The van der Waals surface area contributed by atoms with Crippen LogP contribution in [0.1, 0.15) is 54.4 Å². The fourth-order valence-corrected chi connectivity index (χ4v) is 1.52. The third-order valence-corrected chi connectivity index (χ3v) is 3.75. The van der Waals surface area contributed by atoms with Crippen LogP contribution in [0.5, 0.6) is 0 Å². The summed E-state index contributed by atoms with van der Waals surface area (Å²) in [5, 5.41) is 51.4. The summed E-state index contributed by atoms with van der Waals surface area (Å²) in [4.78, 5) is 9.82. The van der Waals surface area contributed by atoms with Gasteiger partial charge >= 0.3 is 0 Å². The number of nitrogens with zero attached hydrogens (tertiary/aromatic N) is 2. The Morgan fingerprint density at radius 2 is 1.37 bits per heavy atom. The van der Waals surface area contributed by atoms with Crippen molar-refractivity contribution in [2.24, 2.45) is 0 Å². The van der Waals surface area contributed by atoms with Crippen molar-refractivity contribution in [1.29, 1.82) is 0 Å². The van der Waals surface area contributed by atoms with Crippen LogP contribution in [-0.2, 0) is 24.4 Å². The van der Waals surface area contributed by atoms with Crippen molar-refractivity contribution in [2.75, 3.05) is 59.1 Å². The van der Waals surface area contributed by atoms with Crippen LogP contribution in [0.15, 0.2) is 0 Å². The van der Waals surface area contributed by atoms with Gasteiger partial charge in [0.2, 0.25) is 5.91 Å². The van der Waals surface area contributed by atoms with Gasteiger partial charge in [0.15, 0.2) is 0 Å². The Hall–Kier alpha value is -0.980. The second-order valence-corrected chi connectivity index (χ2v) is 8.24. The molecule has 7 N–H and O–H groups in total. The topological polar surface area (TPSA) is 218 Å². The molecule has 0 rings (SSSR count). The number of aliphatic hydroxyl groups is 4. The number of hydrogen-bond donors (Lipinski definition) is 7. The first-order valence-corrected chi connectivity index (χ1v) is 12.8. The standard InChI is InChI=1S/C6H14O4.C5H13NO4S.C4H10O.C3H7NO2.C2H6O/c1-2-9-3-6(8)4-10-5-7;1-2-3-6(7)4-5-11(8,9)10;1-3-4(2)5;1-3(5)4(2)6;1-2-3/h6-8H,2-5H2,1H3;7H,2-5H2,1H3,(H,8,9,10);4-5H,3H2,1-2H3;6H,1-2H3;3H,2H2,1H3. The lowest BCUT2D eigenvalue weighted by atomic mass is 10.3. The molecule has 35 heavy (non-hydrogen) atoms. The highest BCUT2D eigenvalue weighted by Crippen LogP contribution is 1.88. The molecule has 1 amide bonds. The summed E-state index contributed by atoms with van der Waals surface area (Å²) in [5.41, 5.74) is 0. The van der Waals surface area contributed by atoms with Gasteiger partial charge in [0.25, 0.3) is 10.1 Å². The fourth-order valence-electron chi connectivity index (χ4n) is 1.08. The van der Waals surface area contributed by atoms with E-state index in [4.69, 9.17) is 40.1 Å². The summed E-state index contributed by atoms with van der Waals surface area (Å²) in [6, 6.07) is 0. The summed E-state index contributed by atoms with van der Waals surface area (Å²) < 4.78 is 38.0. The molecule has 2 atom stereocenters. The van der Waals surface area contributed by atoms with E-state index in [0.29, 0.717) is 18.2 Å². The van der Waals surface area contributed by atoms with Crippen molar-refractivity contribution in [3.05, 3.63) is 0 Å². The molecule has 0 aromatic carbocycles. The summed E-state index contributed by atoms with van der Waals surface area (Å²) in [6.07, 6.45) is 0.851. The zero-order chi connectivity index (χ0) is 28.9. The second kappa shape index (κ2) is 33.0. The highest BCUT2D eigenvalue weighted by molar-refractivity contribution is 7.85. The predicted octanol–water partition coefficient (Wildman–Crippen LogP) is -0.0447. The molecule has 0 saturated heterocycles. The number of hydrogen-bond acceptors (Lipinski definition) is 12. The van der Waals surface area contributed by atoms with Gasteiger partial charge in [0.1, 0.15) is 12.9 Å². The van der Waals surface area contributed by atoms with Crippen molar-refractivity contribution >= 4 is 16.0 Å². The molecular weight excluding hydrogens is 492 g/mol. The van der Waals surface area contributed by atoms with Gasteiger partial charge in [-0.2, -0.15) is 13.5 Å². The van der Waals surface area contributed by atoms with Crippen LogP contribution < -0.4 is 0 Å².